The van der Waals surface area contributed by atoms with Crippen molar-refractivity contribution >= 4 is 20.9 Å². The van der Waals surface area contributed by atoms with E-state index in [1.807, 2.05) is 25.1 Å². The van der Waals surface area contributed by atoms with Crippen molar-refractivity contribution in [1.29, 1.82) is 0 Å². The molecule has 0 saturated carbocycles. The van der Waals surface area contributed by atoms with Crippen molar-refractivity contribution in [3.63, 3.8) is 0 Å². The van der Waals surface area contributed by atoms with E-state index in [-0.39, 0.29) is 34.5 Å². The van der Waals surface area contributed by atoms with E-state index >= 15 is 0 Å². The zero-order valence-electron chi connectivity index (χ0n) is 12.8. The van der Waals surface area contributed by atoms with Gasteiger partial charge in [-0.15, -0.1) is 0 Å². The predicted octanol–water partition coefficient (Wildman–Crippen LogP) is 0.653. The number of aryl methyl sites for hydroxylation is 2. The Morgan fingerprint density at radius 2 is 1.52 bits per heavy atom. The first-order chi connectivity index (χ1) is 9.49. The van der Waals surface area contributed by atoms with Crippen LogP contribution in [0.3, 0.4) is 0 Å². The van der Waals surface area contributed by atoms with Crippen LogP contribution >= 0.6 is 0 Å². The van der Waals surface area contributed by atoms with Gasteiger partial charge in [0, 0.05) is 0 Å². The molecule has 0 bridgehead atoms. The molecule has 0 aliphatic carbocycles. The van der Waals surface area contributed by atoms with Crippen LogP contribution in [0.15, 0.2) is 35.2 Å². The van der Waals surface area contributed by atoms with Gasteiger partial charge < -0.3 is 4.55 Å². The number of benzene rings is 2. The van der Waals surface area contributed by atoms with E-state index in [4.69, 9.17) is 0 Å². The Morgan fingerprint density at radius 3 is 2.10 bits per heavy atom. The van der Waals surface area contributed by atoms with Crippen molar-refractivity contribution in [2.75, 3.05) is 0 Å². The maximum atomic E-state index is 11.7. The molecule has 0 heterocycles. The predicted molar refractivity (Wildman–Crippen MR) is 79.9 cm³/mol. The molecule has 2 rings (SSSR count). The van der Waals surface area contributed by atoms with Crippen LogP contribution in [0, 0.1) is 0 Å². The summed E-state index contributed by atoms with van der Waals surface area (Å²) in [5, 5.41) is 1.44. The Bertz CT molecular complexity index is 724. The van der Waals surface area contributed by atoms with Gasteiger partial charge >= 0.3 is 29.6 Å². The summed E-state index contributed by atoms with van der Waals surface area (Å²) in [5.74, 6) is 0. The minimum atomic E-state index is -4.46. The molecule has 0 aliphatic rings. The van der Waals surface area contributed by atoms with Gasteiger partial charge in [0.05, 0.1) is 4.90 Å². The van der Waals surface area contributed by atoms with Crippen LogP contribution in [0.2, 0.25) is 0 Å². The third kappa shape index (κ3) is 4.08. The molecule has 0 spiro atoms. The van der Waals surface area contributed by atoms with Gasteiger partial charge in [0.1, 0.15) is 10.1 Å². The summed E-state index contributed by atoms with van der Waals surface area (Å²) in [7, 11) is -4.46. The maximum absolute atomic E-state index is 11.7. The standard InChI is InChI=1S/C16H20O3S.Na/c1-3-6-12-8-5-9-15-14(12)11-10-13(7-4-2)16(15)20(17,18)19;/h5,8-11H,3-4,6-7H2,1-2H3,(H,17,18,19);/q;+1/p-1. The second-order valence-electron chi connectivity index (χ2n) is 5.02. The van der Waals surface area contributed by atoms with Crippen molar-refractivity contribution in [1.82, 2.24) is 0 Å². The molecule has 0 N–H and O–H groups in total. The Balaban J connectivity index is 0.00000220. The van der Waals surface area contributed by atoms with Gasteiger partial charge in [-0.25, -0.2) is 8.42 Å². The molecule has 2 aromatic rings. The summed E-state index contributed by atoms with van der Waals surface area (Å²) in [4.78, 5) is -0.0326. The Hall–Kier alpha value is -0.390. The molecule has 3 nitrogen and oxygen atoms in total. The third-order valence-corrected chi connectivity index (χ3v) is 4.45. The summed E-state index contributed by atoms with van der Waals surface area (Å²) >= 11 is 0. The Labute approximate surface area is 148 Å². The number of hydrogen-bond donors (Lipinski definition) is 0. The SMILES string of the molecule is CCCc1ccc2c(CCC)cccc2c1S(=O)(=O)[O-].[Na+]. The van der Waals surface area contributed by atoms with Gasteiger partial charge in [-0.3, -0.25) is 0 Å². The van der Waals surface area contributed by atoms with E-state index in [1.54, 1.807) is 12.1 Å². The minimum absolute atomic E-state index is 0. The number of fused-ring (bicyclic) bond motifs is 1. The molecule has 0 radical (unpaired) electrons. The topological polar surface area (TPSA) is 57.2 Å². The molecule has 5 heteroatoms. The zero-order valence-corrected chi connectivity index (χ0v) is 15.7. The van der Waals surface area contributed by atoms with E-state index in [0.29, 0.717) is 17.4 Å². The third-order valence-electron chi connectivity index (χ3n) is 3.47. The summed E-state index contributed by atoms with van der Waals surface area (Å²) in [6.07, 6.45) is 3.27. The smallest absolute Gasteiger partial charge is 0.744 e. The van der Waals surface area contributed by atoms with Crippen molar-refractivity contribution in [3.8, 4) is 0 Å². The average Bonchev–Trinajstić information content (AvgIpc) is 2.38. The fourth-order valence-corrected chi connectivity index (χ4v) is 3.63. The van der Waals surface area contributed by atoms with Crippen LogP contribution in [0.25, 0.3) is 10.8 Å². The van der Waals surface area contributed by atoms with Gasteiger partial charge in [0.25, 0.3) is 0 Å². The average molecular weight is 314 g/mol. The van der Waals surface area contributed by atoms with Gasteiger partial charge in [0.15, 0.2) is 0 Å². The van der Waals surface area contributed by atoms with E-state index in [2.05, 4.69) is 6.92 Å². The first-order valence-corrected chi connectivity index (χ1v) is 8.39. The molecule has 2 aromatic carbocycles. The van der Waals surface area contributed by atoms with E-state index in [0.717, 1.165) is 30.2 Å². The number of rotatable bonds is 5. The molecule has 21 heavy (non-hydrogen) atoms. The van der Waals surface area contributed by atoms with Gasteiger partial charge in [-0.05, 0) is 34.7 Å². The van der Waals surface area contributed by atoms with Crippen LogP contribution in [0.4, 0.5) is 0 Å². The Kier molecular flexibility index (Phi) is 6.88. The molecule has 0 unspecified atom stereocenters. The van der Waals surface area contributed by atoms with Crippen LogP contribution in [0.5, 0.6) is 0 Å². The van der Waals surface area contributed by atoms with Crippen LogP contribution in [0.1, 0.15) is 37.8 Å². The minimum Gasteiger partial charge on any atom is -0.744 e. The largest absolute Gasteiger partial charge is 1.00 e. The molecule has 0 saturated heterocycles. The zero-order chi connectivity index (χ0) is 14.8. The second kappa shape index (κ2) is 7.75. The molecular formula is C16H19NaO3S. The molecule has 0 fully saturated rings. The summed E-state index contributed by atoms with van der Waals surface area (Å²) < 4.78 is 35.0. The summed E-state index contributed by atoms with van der Waals surface area (Å²) in [6.45, 7) is 4.05. The molecule has 0 amide bonds. The maximum Gasteiger partial charge on any atom is 1.00 e. The van der Waals surface area contributed by atoms with Crippen molar-refractivity contribution < 1.29 is 42.5 Å². The van der Waals surface area contributed by atoms with E-state index < -0.39 is 10.1 Å². The molecular weight excluding hydrogens is 295 g/mol. The first kappa shape index (κ1) is 18.7. The second-order valence-corrected chi connectivity index (χ2v) is 6.34. The molecule has 0 atom stereocenters. The van der Waals surface area contributed by atoms with Crippen LogP contribution < -0.4 is 29.6 Å². The van der Waals surface area contributed by atoms with Crippen LogP contribution in [-0.2, 0) is 23.0 Å². The summed E-state index contributed by atoms with van der Waals surface area (Å²) in [5.41, 5.74) is 1.72. The van der Waals surface area contributed by atoms with Crippen LogP contribution in [-0.4, -0.2) is 13.0 Å². The molecule has 108 valence electrons. The number of hydrogen-bond acceptors (Lipinski definition) is 3. The normalized spacial score (nSPS) is 11.4. The van der Waals surface area contributed by atoms with Gasteiger partial charge in [-0.1, -0.05) is 57.0 Å². The van der Waals surface area contributed by atoms with Gasteiger partial charge in [-0.2, -0.15) is 0 Å². The van der Waals surface area contributed by atoms with E-state index in [9.17, 15) is 13.0 Å². The monoisotopic (exact) mass is 314 g/mol. The molecule has 0 aromatic heterocycles. The van der Waals surface area contributed by atoms with Crippen molar-refractivity contribution in [2.24, 2.45) is 0 Å². The van der Waals surface area contributed by atoms with Gasteiger partial charge in [0.2, 0.25) is 0 Å². The first-order valence-electron chi connectivity index (χ1n) is 6.98. The Morgan fingerprint density at radius 1 is 0.905 bits per heavy atom. The fraction of sp³-hybridized carbons (Fsp3) is 0.375. The quantitative estimate of drug-likeness (QED) is 0.601. The molecule has 0 aliphatic heterocycles. The van der Waals surface area contributed by atoms with Crippen molar-refractivity contribution in [3.05, 3.63) is 41.5 Å². The summed E-state index contributed by atoms with van der Waals surface area (Å²) in [6, 6.07) is 9.29. The fourth-order valence-electron chi connectivity index (χ4n) is 2.69. The van der Waals surface area contributed by atoms with Crippen molar-refractivity contribution in [2.45, 2.75) is 44.4 Å². The van der Waals surface area contributed by atoms with E-state index in [1.165, 1.54) is 0 Å².